The fourth-order valence-electron chi connectivity index (χ4n) is 11.4. The zero-order valence-corrected chi connectivity index (χ0v) is 45.3. The molecule has 0 aliphatic heterocycles. The van der Waals surface area contributed by atoms with Crippen LogP contribution in [0.1, 0.15) is 150 Å². The summed E-state index contributed by atoms with van der Waals surface area (Å²) in [4.78, 5) is 11.1. The minimum absolute atomic E-state index is 0.0536. The summed E-state index contributed by atoms with van der Waals surface area (Å²) >= 11 is 0. The summed E-state index contributed by atoms with van der Waals surface area (Å²) in [5.74, 6) is 0.868. The van der Waals surface area contributed by atoms with Gasteiger partial charge in [0, 0.05) is 55.6 Å². The van der Waals surface area contributed by atoms with Gasteiger partial charge in [-0.1, -0.05) is 165 Å². The van der Waals surface area contributed by atoms with E-state index in [-0.39, 0.29) is 38.2 Å². The maximum Gasteiger partial charge on any atom is 0.149 e. The first kappa shape index (κ1) is 48.6. The van der Waals surface area contributed by atoms with Gasteiger partial charge in [0.2, 0.25) is 0 Å². The van der Waals surface area contributed by atoms with Gasteiger partial charge in [0.15, 0.2) is 0 Å². The number of hydrogen-bond acceptors (Lipinski definition) is 5. The number of aromatic hydroxyl groups is 1. The van der Waals surface area contributed by atoms with Crippen LogP contribution < -0.4 is 0 Å². The normalized spacial score (nSPS) is 14.7. The lowest BCUT2D eigenvalue weighted by Crippen LogP contribution is -2.45. The van der Waals surface area contributed by atoms with Crippen LogP contribution in [0.4, 0.5) is 0 Å². The number of rotatable bonds is 5. The van der Waals surface area contributed by atoms with Crippen molar-refractivity contribution in [1.29, 1.82) is 5.26 Å². The average molecular weight is 951 g/mol. The largest absolute Gasteiger partial charge is 0.507 e. The summed E-state index contributed by atoms with van der Waals surface area (Å²) in [6.07, 6.45) is 2.90. The van der Waals surface area contributed by atoms with Crippen LogP contribution in [0, 0.1) is 16.7 Å². The minimum Gasteiger partial charge on any atom is -0.507 e. The summed E-state index contributed by atoms with van der Waals surface area (Å²) in [5, 5.41) is 24.9. The van der Waals surface area contributed by atoms with Crippen LogP contribution in [0.15, 0.2) is 120 Å². The molecule has 0 saturated heterocycles. The quantitative estimate of drug-likeness (QED) is 0.186. The predicted molar refractivity (Wildman–Crippen MR) is 300 cm³/mol. The van der Waals surface area contributed by atoms with E-state index >= 15 is 0 Å². The van der Waals surface area contributed by atoms with Crippen molar-refractivity contribution >= 4 is 33.0 Å². The van der Waals surface area contributed by atoms with E-state index in [1.54, 1.807) is 0 Å². The van der Waals surface area contributed by atoms with E-state index in [9.17, 15) is 10.4 Å². The third-order valence-electron chi connectivity index (χ3n) is 15.9. The molecule has 6 aromatic carbocycles. The zero-order valence-electron chi connectivity index (χ0n) is 45.3. The molecule has 1 N–H and O–H groups in total. The second kappa shape index (κ2) is 16.3. The van der Waals surface area contributed by atoms with Gasteiger partial charge in [-0.05, 0) is 116 Å². The Balaban J connectivity index is 1.39. The molecule has 0 amide bonds. The van der Waals surface area contributed by atoms with Gasteiger partial charge in [-0.15, -0.1) is 0 Å². The van der Waals surface area contributed by atoms with E-state index in [1.165, 1.54) is 22.3 Å². The molecular weight excluding hydrogens is 881 g/mol. The maximum absolute atomic E-state index is 12.8. The van der Waals surface area contributed by atoms with Gasteiger partial charge < -0.3 is 9.52 Å². The summed E-state index contributed by atoms with van der Waals surface area (Å²) < 4.78 is 9.42. The fraction of sp³-hybridized carbons (Fsp3) is 0.348. The van der Waals surface area contributed by atoms with Gasteiger partial charge in [0.05, 0.1) is 39.6 Å². The smallest absolute Gasteiger partial charge is 0.149 e. The average Bonchev–Trinajstić information content (AvgIpc) is 3.88. The van der Waals surface area contributed by atoms with Crippen LogP contribution in [-0.4, -0.2) is 19.6 Å². The molecule has 0 atom stereocenters. The fourth-order valence-corrected chi connectivity index (χ4v) is 11.4. The van der Waals surface area contributed by atoms with Crippen LogP contribution >= 0.6 is 0 Å². The number of phenolic OH excluding ortho intramolecular Hbond substituents is 1. The van der Waals surface area contributed by atoms with Gasteiger partial charge >= 0.3 is 0 Å². The van der Waals surface area contributed by atoms with Crippen molar-refractivity contribution < 1.29 is 9.52 Å². The number of imidazole rings is 1. The van der Waals surface area contributed by atoms with Crippen LogP contribution in [0.2, 0.25) is 0 Å². The van der Waals surface area contributed by atoms with Crippen molar-refractivity contribution in [2.75, 3.05) is 0 Å². The van der Waals surface area contributed by atoms with Crippen molar-refractivity contribution in [2.45, 2.75) is 144 Å². The Kier molecular flexibility index (Phi) is 11.0. The molecule has 10 rings (SSSR count). The molecule has 9 aromatic rings. The van der Waals surface area contributed by atoms with E-state index < -0.39 is 0 Å². The van der Waals surface area contributed by atoms with Gasteiger partial charge in [-0.25, -0.2) is 4.98 Å². The molecular formula is C66H70N4O2. The number of furan rings is 1. The Morgan fingerprint density at radius 2 is 1.32 bits per heavy atom. The summed E-state index contributed by atoms with van der Waals surface area (Å²) in [5.41, 5.74) is 16.9. The van der Waals surface area contributed by atoms with E-state index in [2.05, 4.69) is 218 Å². The van der Waals surface area contributed by atoms with Gasteiger partial charge in [-0.2, -0.15) is 5.26 Å². The Hall–Kier alpha value is -6.97. The molecule has 6 nitrogen and oxygen atoms in total. The van der Waals surface area contributed by atoms with Gasteiger partial charge in [0.25, 0.3) is 0 Å². The minimum atomic E-state index is -0.388. The Labute approximate surface area is 426 Å². The standard InChI is InChI=1S/C66H70N4O2/c1-61(2,3)36-40-29-30-68-57-47-35-46(59-53(44-27-25-38(37-67)31-52(44)72-59)55(47)66(15,16)65(13,14)54(40)57)43-23-20-24-51-56(43)69-60(48-33-42(63(7,8)9)34-49(58(48)71)64(10,11)12)70(51)50-28-26-41(62(4,5)6)32-45(50)39-21-18-17-19-22-39/h17-35,71H,36H2,1-16H3. The number of hydrogen-bond donors (Lipinski definition) is 1. The number of pyridine rings is 1. The predicted octanol–water partition coefficient (Wildman–Crippen LogP) is 17.6. The molecule has 366 valence electrons. The molecule has 0 bridgehead atoms. The highest BCUT2D eigenvalue weighted by Crippen LogP contribution is 2.59. The van der Waals surface area contributed by atoms with Crippen molar-refractivity contribution in [1.82, 2.24) is 14.5 Å². The molecule has 1 aliphatic rings. The van der Waals surface area contributed by atoms with E-state index in [0.29, 0.717) is 22.5 Å². The topological polar surface area (TPSA) is 87.9 Å². The monoisotopic (exact) mass is 951 g/mol. The highest BCUT2D eigenvalue weighted by Gasteiger charge is 2.50. The van der Waals surface area contributed by atoms with Crippen molar-refractivity contribution in [2.24, 2.45) is 5.41 Å². The molecule has 72 heavy (non-hydrogen) atoms. The van der Waals surface area contributed by atoms with E-state index in [1.807, 2.05) is 18.3 Å². The van der Waals surface area contributed by atoms with Crippen LogP contribution in [0.3, 0.4) is 0 Å². The molecule has 3 heterocycles. The molecule has 3 aromatic heterocycles. The molecule has 0 fully saturated rings. The summed E-state index contributed by atoms with van der Waals surface area (Å²) in [6.45, 7) is 36.3. The highest BCUT2D eigenvalue weighted by molar-refractivity contribution is 6.16. The number of nitrogens with zero attached hydrogens (tertiary/aromatic N) is 4. The molecule has 0 spiro atoms. The number of nitriles is 1. The zero-order chi connectivity index (χ0) is 51.8. The lowest BCUT2D eigenvalue weighted by atomic mass is 9.54. The first-order valence-electron chi connectivity index (χ1n) is 25.6. The lowest BCUT2D eigenvalue weighted by molar-refractivity contribution is 0.295. The molecule has 0 radical (unpaired) electrons. The molecule has 1 aliphatic carbocycles. The first-order valence-corrected chi connectivity index (χ1v) is 25.6. The number of benzene rings is 6. The van der Waals surface area contributed by atoms with E-state index in [4.69, 9.17) is 14.4 Å². The van der Waals surface area contributed by atoms with Crippen molar-refractivity contribution in [3.8, 4) is 62.4 Å². The van der Waals surface area contributed by atoms with Crippen molar-refractivity contribution in [3.05, 3.63) is 154 Å². The Bertz CT molecular complexity index is 3710. The number of fused-ring (bicyclic) bond motifs is 8. The highest BCUT2D eigenvalue weighted by atomic mass is 16.3. The second-order valence-electron chi connectivity index (χ2n) is 25.9. The molecule has 0 unspecified atom stereocenters. The molecule has 0 saturated carbocycles. The van der Waals surface area contributed by atoms with Gasteiger partial charge in [0.1, 0.15) is 22.7 Å². The van der Waals surface area contributed by atoms with Gasteiger partial charge in [-0.3, -0.25) is 9.55 Å². The van der Waals surface area contributed by atoms with Crippen LogP contribution in [0.25, 0.3) is 83.6 Å². The SMILES string of the molecule is CC(C)(C)Cc1ccnc2c1C(C)(C)C(C)(C)c1c-2cc(-c2cccc3c2nc(-c2cc(C(C)(C)C)cc(C(C)(C)C)c2O)n3-c2ccc(C(C)(C)C)cc2-c2ccccc2)c2oc3cc(C#N)ccc3c12. The summed E-state index contributed by atoms with van der Waals surface area (Å²) in [7, 11) is 0. The van der Waals surface area contributed by atoms with E-state index in [0.717, 1.165) is 84.1 Å². The lowest BCUT2D eigenvalue weighted by Gasteiger charge is -2.49. The van der Waals surface area contributed by atoms with Crippen molar-refractivity contribution in [3.63, 3.8) is 0 Å². The Morgan fingerprint density at radius 3 is 1.97 bits per heavy atom. The van der Waals surface area contributed by atoms with Crippen LogP contribution in [-0.2, 0) is 33.5 Å². The molecule has 6 heteroatoms. The van der Waals surface area contributed by atoms with Crippen LogP contribution in [0.5, 0.6) is 5.75 Å². The maximum atomic E-state index is 12.8. The Morgan fingerprint density at radius 1 is 0.639 bits per heavy atom. The third kappa shape index (κ3) is 7.74. The number of aromatic nitrogens is 3. The summed E-state index contributed by atoms with van der Waals surface area (Å²) in [6, 6.07) is 40.9. The third-order valence-corrected chi connectivity index (χ3v) is 15.9. The number of phenols is 1. The first-order chi connectivity index (χ1) is 33.6. The second-order valence-corrected chi connectivity index (χ2v) is 25.9. The number of para-hydroxylation sites is 1.